The Balaban J connectivity index is 2.04. The van der Waals surface area contributed by atoms with Crippen LogP contribution in [-0.2, 0) is 6.54 Å². The van der Waals surface area contributed by atoms with E-state index >= 15 is 0 Å². The Kier molecular flexibility index (Phi) is 6.22. The van der Waals surface area contributed by atoms with Crippen LogP contribution in [0.5, 0.6) is 5.75 Å². The van der Waals surface area contributed by atoms with Crippen molar-refractivity contribution < 1.29 is 4.74 Å². The van der Waals surface area contributed by atoms with Crippen LogP contribution in [0.4, 0.5) is 0 Å². The second-order valence-electron chi connectivity index (χ2n) is 5.04. The number of hydrogen-bond donors (Lipinski definition) is 1. The van der Waals surface area contributed by atoms with Crippen molar-refractivity contribution >= 4 is 0 Å². The average molecular weight is 288 g/mol. The summed E-state index contributed by atoms with van der Waals surface area (Å²) in [4.78, 5) is 4.00. The second-order valence-corrected chi connectivity index (χ2v) is 5.04. The zero-order valence-electron chi connectivity index (χ0n) is 12.8. The molecule has 114 valence electrons. The van der Waals surface area contributed by atoms with Crippen LogP contribution in [0.1, 0.15) is 38.3 Å². The molecular formula is C16H24N4O. The second kappa shape index (κ2) is 8.42. The molecule has 0 aliphatic carbocycles. The Bertz CT molecular complexity index is 496. The average Bonchev–Trinajstić information content (AvgIpc) is 3.03. The molecule has 1 aromatic carbocycles. The van der Waals surface area contributed by atoms with Crippen molar-refractivity contribution in [2.24, 2.45) is 0 Å². The molecule has 1 aromatic heterocycles. The van der Waals surface area contributed by atoms with E-state index < -0.39 is 0 Å². The smallest absolute Gasteiger partial charge is 0.137 e. The van der Waals surface area contributed by atoms with Crippen LogP contribution in [0, 0.1) is 0 Å². The Morgan fingerprint density at radius 1 is 1.19 bits per heavy atom. The van der Waals surface area contributed by atoms with Crippen LogP contribution < -0.4 is 10.1 Å². The molecule has 0 bridgehead atoms. The maximum absolute atomic E-state index is 5.63. The van der Waals surface area contributed by atoms with Gasteiger partial charge in [0.2, 0.25) is 0 Å². The van der Waals surface area contributed by atoms with Crippen LogP contribution in [0.25, 0.3) is 0 Å². The van der Waals surface area contributed by atoms with Crippen molar-refractivity contribution in [2.45, 2.75) is 39.3 Å². The number of aromatic nitrogens is 3. The van der Waals surface area contributed by atoms with Gasteiger partial charge in [-0.15, -0.1) is 0 Å². The third kappa shape index (κ3) is 4.86. The molecule has 2 aromatic rings. The highest BCUT2D eigenvalue weighted by atomic mass is 16.5. The lowest BCUT2D eigenvalue weighted by Gasteiger charge is -2.19. The molecule has 0 amide bonds. The van der Waals surface area contributed by atoms with E-state index in [2.05, 4.69) is 41.4 Å². The van der Waals surface area contributed by atoms with Gasteiger partial charge >= 0.3 is 0 Å². The van der Waals surface area contributed by atoms with Gasteiger partial charge in [-0.1, -0.05) is 26.0 Å². The molecule has 0 fully saturated rings. The molecule has 0 aliphatic heterocycles. The Morgan fingerprint density at radius 2 is 2.00 bits per heavy atom. The summed E-state index contributed by atoms with van der Waals surface area (Å²) in [6.07, 6.45) is 5.44. The summed E-state index contributed by atoms with van der Waals surface area (Å²) in [5.74, 6) is 0.926. The van der Waals surface area contributed by atoms with Gasteiger partial charge in [0.1, 0.15) is 18.4 Å². The maximum Gasteiger partial charge on any atom is 0.137 e. The summed E-state index contributed by atoms with van der Waals surface area (Å²) < 4.78 is 7.48. The van der Waals surface area contributed by atoms with E-state index in [0.717, 1.165) is 38.3 Å². The summed E-state index contributed by atoms with van der Waals surface area (Å²) in [5.41, 5.74) is 1.24. The van der Waals surface area contributed by atoms with Crippen molar-refractivity contribution in [3.8, 4) is 5.75 Å². The molecule has 1 heterocycles. The van der Waals surface area contributed by atoms with E-state index in [-0.39, 0.29) is 6.04 Å². The van der Waals surface area contributed by atoms with E-state index in [9.17, 15) is 0 Å². The van der Waals surface area contributed by atoms with Crippen molar-refractivity contribution in [3.05, 3.63) is 42.5 Å². The Morgan fingerprint density at radius 3 is 2.62 bits per heavy atom. The quantitative estimate of drug-likeness (QED) is 0.771. The first-order chi connectivity index (χ1) is 10.3. The predicted molar refractivity (Wildman–Crippen MR) is 83.3 cm³/mol. The molecule has 1 atom stereocenters. The van der Waals surface area contributed by atoms with Gasteiger partial charge in [0.05, 0.1) is 19.2 Å². The van der Waals surface area contributed by atoms with Crippen LogP contribution >= 0.6 is 0 Å². The van der Waals surface area contributed by atoms with E-state index in [4.69, 9.17) is 4.74 Å². The highest BCUT2D eigenvalue weighted by Gasteiger charge is 2.12. The van der Waals surface area contributed by atoms with Gasteiger partial charge in [-0.2, -0.15) is 5.10 Å². The summed E-state index contributed by atoms with van der Waals surface area (Å²) in [6.45, 7) is 6.79. The highest BCUT2D eigenvalue weighted by molar-refractivity contribution is 5.29. The van der Waals surface area contributed by atoms with Crippen molar-refractivity contribution in [2.75, 3.05) is 13.2 Å². The van der Waals surface area contributed by atoms with Gasteiger partial charge < -0.3 is 10.1 Å². The Hall–Kier alpha value is -1.88. The molecule has 5 nitrogen and oxygen atoms in total. The summed E-state index contributed by atoms with van der Waals surface area (Å²) >= 11 is 0. The van der Waals surface area contributed by atoms with Crippen LogP contribution in [0.15, 0.2) is 36.9 Å². The highest BCUT2D eigenvalue weighted by Crippen LogP contribution is 2.19. The number of nitrogens with one attached hydrogen (secondary N) is 1. The fourth-order valence-electron chi connectivity index (χ4n) is 2.14. The minimum Gasteiger partial charge on any atom is -0.494 e. The molecule has 0 spiro atoms. The summed E-state index contributed by atoms with van der Waals surface area (Å²) in [7, 11) is 0. The van der Waals surface area contributed by atoms with Gasteiger partial charge in [0.15, 0.2) is 0 Å². The minimum atomic E-state index is 0.229. The zero-order chi connectivity index (χ0) is 14.9. The fourth-order valence-corrected chi connectivity index (χ4v) is 2.14. The molecule has 0 aliphatic rings. The fraction of sp³-hybridized carbons (Fsp3) is 0.500. The number of hydrogen-bond acceptors (Lipinski definition) is 4. The van der Waals surface area contributed by atoms with Crippen molar-refractivity contribution in [1.82, 2.24) is 20.1 Å². The number of benzene rings is 1. The predicted octanol–water partition coefficient (Wildman–Crippen LogP) is 2.81. The lowest BCUT2D eigenvalue weighted by Crippen LogP contribution is -2.26. The van der Waals surface area contributed by atoms with Gasteiger partial charge in [0, 0.05) is 0 Å². The van der Waals surface area contributed by atoms with Gasteiger partial charge in [-0.3, -0.25) is 4.68 Å². The van der Waals surface area contributed by atoms with Gasteiger partial charge in [-0.05, 0) is 37.1 Å². The maximum atomic E-state index is 5.63. The lowest BCUT2D eigenvalue weighted by molar-refractivity contribution is 0.317. The molecule has 5 heteroatoms. The van der Waals surface area contributed by atoms with Gasteiger partial charge in [0.25, 0.3) is 0 Å². The van der Waals surface area contributed by atoms with E-state index in [1.165, 1.54) is 5.56 Å². The Labute approximate surface area is 126 Å². The molecule has 1 N–H and O–H groups in total. The number of ether oxygens (including phenoxy) is 1. The third-order valence-corrected chi connectivity index (χ3v) is 3.23. The van der Waals surface area contributed by atoms with Crippen LogP contribution in [-0.4, -0.2) is 27.9 Å². The van der Waals surface area contributed by atoms with Crippen molar-refractivity contribution in [3.63, 3.8) is 0 Å². The van der Waals surface area contributed by atoms with Crippen molar-refractivity contribution in [1.29, 1.82) is 0 Å². The molecule has 0 saturated heterocycles. The monoisotopic (exact) mass is 288 g/mol. The first-order valence-corrected chi connectivity index (χ1v) is 7.62. The van der Waals surface area contributed by atoms with E-state index in [1.807, 2.05) is 16.8 Å². The normalized spacial score (nSPS) is 12.3. The van der Waals surface area contributed by atoms with Gasteiger partial charge in [-0.25, -0.2) is 4.98 Å². The minimum absolute atomic E-state index is 0.229. The largest absolute Gasteiger partial charge is 0.494 e. The van der Waals surface area contributed by atoms with Crippen LogP contribution in [0.2, 0.25) is 0 Å². The lowest BCUT2D eigenvalue weighted by atomic mass is 10.1. The topological polar surface area (TPSA) is 52.0 Å². The molecule has 0 saturated carbocycles. The van der Waals surface area contributed by atoms with E-state index in [1.54, 1.807) is 12.7 Å². The first kappa shape index (κ1) is 15.5. The number of nitrogens with zero attached hydrogens (tertiary/aromatic N) is 3. The first-order valence-electron chi connectivity index (χ1n) is 7.62. The number of rotatable bonds is 9. The van der Waals surface area contributed by atoms with E-state index in [0.29, 0.717) is 0 Å². The molecule has 2 rings (SSSR count). The third-order valence-electron chi connectivity index (χ3n) is 3.23. The summed E-state index contributed by atoms with van der Waals surface area (Å²) in [5, 5.41) is 7.75. The van der Waals surface area contributed by atoms with Crippen LogP contribution in [0.3, 0.4) is 0 Å². The standard InChI is InChI=1S/C16H24N4O/c1-3-9-18-16(11-20-13-17-12-19-20)14-5-7-15(8-6-14)21-10-4-2/h5-8,12-13,16,18H,3-4,9-11H2,1-2H3. The summed E-state index contributed by atoms with van der Waals surface area (Å²) in [6, 6.07) is 8.54. The SMILES string of the molecule is CCCNC(Cn1cncn1)c1ccc(OCCC)cc1. The molecule has 1 unspecified atom stereocenters. The molecular weight excluding hydrogens is 264 g/mol. The molecule has 21 heavy (non-hydrogen) atoms. The zero-order valence-corrected chi connectivity index (χ0v) is 12.8. The molecule has 0 radical (unpaired) electrons.